The predicted molar refractivity (Wildman–Crippen MR) is 291 cm³/mol. The molecule has 0 saturated heterocycles. The summed E-state index contributed by atoms with van der Waals surface area (Å²) in [5.74, 6) is 0.484. The van der Waals surface area contributed by atoms with Gasteiger partial charge in [-0.05, 0) is 153 Å². The second kappa shape index (κ2) is 13.9. The molecule has 0 amide bonds. The Hall–Kier alpha value is -7.30. The maximum Gasteiger partial charge on any atom is 0.113 e. The zero-order chi connectivity index (χ0) is 44.0. The molecule has 3 heteroatoms. The lowest BCUT2D eigenvalue weighted by Gasteiger charge is -2.20. The van der Waals surface area contributed by atoms with Gasteiger partial charge in [-0.3, -0.25) is 0 Å². The second-order valence-corrected chi connectivity index (χ2v) is 24.8. The van der Waals surface area contributed by atoms with Gasteiger partial charge in [0.2, 0.25) is 0 Å². The van der Waals surface area contributed by atoms with Crippen molar-refractivity contribution in [1.82, 2.24) is 4.57 Å². The van der Waals surface area contributed by atoms with Crippen LogP contribution >= 0.6 is 11.3 Å². The molecular weight excluding hydrogens is 831 g/mol. The molecule has 3 heterocycles. The highest BCUT2D eigenvalue weighted by molar-refractivity contribution is 7.26. The van der Waals surface area contributed by atoms with E-state index in [0.29, 0.717) is 5.92 Å². The number of rotatable bonds is 4. The van der Waals surface area contributed by atoms with Gasteiger partial charge in [-0.25, -0.2) is 0 Å². The number of para-hydroxylation sites is 1. The molecule has 1 nitrogen and oxygen atoms in total. The molecule has 0 spiro atoms. The van der Waals surface area contributed by atoms with E-state index in [-0.39, 0.29) is 0 Å². The first kappa shape index (κ1) is 38.0. The molecule has 312 valence electrons. The Kier molecular flexibility index (Phi) is 7.98. The Labute approximate surface area is 388 Å². The van der Waals surface area contributed by atoms with Gasteiger partial charge < -0.3 is 4.57 Å². The van der Waals surface area contributed by atoms with E-state index in [9.17, 15) is 0 Å². The van der Waals surface area contributed by atoms with Crippen molar-refractivity contribution >= 4 is 115 Å². The molecule has 13 aromatic rings. The van der Waals surface area contributed by atoms with E-state index in [1.165, 1.54) is 135 Å². The SMILES string of the molecule is CC(C)c1ccc2c(c1)sc1c2ccc2c3cc(-c4c5ccccc5c(-c5ccc6c(c5)-c5cc7cc8ccccc8cc7cc5[Si]6(C)C)c5ccccc45)ccc3n(-c3ccccc3)c21. The molecule has 0 atom stereocenters. The topological polar surface area (TPSA) is 4.93 Å². The quantitative estimate of drug-likeness (QED) is 0.123. The molecule has 0 saturated carbocycles. The molecular formula is C63H45NSSi. The Morgan fingerprint density at radius 2 is 1.00 bits per heavy atom. The van der Waals surface area contributed by atoms with Crippen LogP contribution in [0, 0.1) is 0 Å². The van der Waals surface area contributed by atoms with E-state index in [4.69, 9.17) is 0 Å². The Bertz CT molecular complexity index is 4170. The number of fused-ring (bicyclic) bond motifs is 14. The number of hydrogen-bond acceptors (Lipinski definition) is 1. The minimum Gasteiger partial charge on any atom is -0.308 e. The molecule has 11 aromatic carbocycles. The van der Waals surface area contributed by atoms with Crippen molar-refractivity contribution < 1.29 is 0 Å². The molecule has 0 fully saturated rings. The van der Waals surface area contributed by atoms with Crippen LogP contribution in [0.25, 0.3) is 124 Å². The van der Waals surface area contributed by atoms with Gasteiger partial charge in [0.05, 0.1) is 15.7 Å². The van der Waals surface area contributed by atoms with Crippen molar-refractivity contribution in [3.8, 4) is 39.1 Å². The zero-order valence-corrected chi connectivity index (χ0v) is 39.2. The molecule has 0 N–H and O–H groups in total. The lowest BCUT2D eigenvalue weighted by atomic mass is 9.85. The summed E-state index contributed by atoms with van der Waals surface area (Å²) in [5, 5.41) is 18.7. The fraction of sp³-hybridized carbons (Fsp3) is 0.0794. The van der Waals surface area contributed by atoms with Crippen LogP contribution in [0.2, 0.25) is 13.1 Å². The third-order valence-electron chi connectivity index (χ3n) is 15.1. The van der Waals surface area contributed by atoms with Crippen molar-refractivity contribution in [2.24, 2.45) is 0 Å². The molecule has 0 bridgehead atoms. The normalized spacial score (nSPS) is 13.4. The van der Waals surface area contributed by atoms with E-state index in [1.54, 1.807) is 5.19 Å². The van der Waals surface area contributed by atoms with Gasteiger partial charge in [0, 0.05) is 31.9 Å². The van der Waals surface area contributed by atoms with Crippen LogP contribution < -0.4 is 10.4 Å². The van der Waals surface area contributed by atoms with Crippen LogP contribution in [-0.2, 0) is 0 Å². The smallest absolute Gasteiger partial charge is 0.113 e. The lowest BCUT2D eigenvalue weighted by Crippen LogP contribution is -2.49. The number of aromatic nitrogens is 1. The van der Waals surface area contributed by atoms with Crippen LogP contribution in [0.3, 0.4) is 0 Å². The number of benzene rings is 11. The molecule has 0 radical (unpaired) electrons. The highest BCUT2D eigenvalue weighted by atomic mass is 32.1. The summed E-state index contributed by atoms with van der Waals surface area (Å²) in [6.45, 7) is 9.64. The van der Waals surface area contributed by atoms with E-state index >= 15 is 0 Å². The molecule has 0 unspecified atom stereocenters. The Balaban J connectivity index is 0.994. The summed E-state index contributed by atoms with van der Waals surface area (Å²) in [6, 6.07) is 74.2. The van der Waals surface area contributed by atoms with E-state index < -0.39 is 8.07 Å². The maximum absolute atomic E-state index is 2.53. The summed E-state index contributed by atoms with van der Waals surface area (Å²) in [4.78, 5) is 0. The molecule has 2 aromatic heterocycles. The molecule has 1 aliphatic heterocycles. The number of hydrogen-bond donors (Lipinski definition) is 0. The highest BCUT2D eigenvalue weighted by Gasteiger charge is 2.38. The van der Waals surface area contributed by atoms with Crippen LogP contribution in [0.4, 0.5) is 0 Å². The highest BCUT2D eigenvalue weighted by Crippen LogP contribution is 2.48. The monoisotopic (exact) mass is 875 g/mol. The zero-order valence-electron chi connectivity index (χ0n) is 37.4. The van der Waals surface area contributed by atoms with Crippen LogP contribution in [-0.4, -0.2) is 12.6 Å². The first-order valence-corrected chi connectivity index (χ1v) is 27.2. The summed E-state index contributed by atoms with van der Waals surface area (Å²) in [5.41, 5.74) is 13.0. The molecule has 66 heavy (non-hydrogen) atoms. The summed E-state index contributed by atoms with van der Waals surface area (Å²) in [6.07, 6.45) is 0. The largest absolute Gasteiger partial charge is 0.308 e. The van der Waals surface area contributed by atoms with Gasteiger partial charge in [-0.1, -0.05) is 166 Å². The first-order chi connectivity index (χ1) is 32.3. The molecule has 1 aliphatic rings. The predicted octanol–water partition coefficient (Wildman–Crippen LogP) is 17.0. The van der Waals surface area contributed by atoms with Crippen molar-refractivity contribution in [3.63, 3.8) is 0 Å². The third kappa shape index (κ3) is 5.33. The van der Waals surface area contributed by atoms with Crippen molar-refractivity contribution in [3.05, 3.63) is 200 Å². The average Bonchev–Trinajstić information content (AvgIpc) is 3.96. The van der Waals surface area contributed by atoms with Crippen LogP contribution in [0.1, 0.15) is 25.3 Å². The maximum atomic E-state index is 2.53. The van der Waals surface area contributed by atoms with Gasteiger partial charge in [-0.2, -0.15) is 0 Å². The van der Waals surface area contributed by atoms with Gasteiger partial charge in [0.25, 0.3) is 0 Å². The Morgan fingerprint density at radius 1 is 0.424 bits per heavy atom. The standard InChI is InChI=1S/C63H45NSSi/c1-37(2)38-22-25-46-52-27-26-51-53-32-41(23-28-56(53)64(45-16-6-5-7-17-45)62(51)63(52)65-57(46)35-38)60-47-18-10-12-20-49(47)61(50-21-13-11-19-48(50)60)42-24-29-58-54(33-42)55-34-43-30-39-14-8-9-15-40(39)31-44(43)36-59(55)66(58,3)4/h5-37H,1-4H3. The van der Waals surface area contributed by atoms with Gasteiger partial charge in [-0.15, -0.1) is 11.3 Å². The summed E-state index contributed by atoms with van der Waals surface area (Å²) < 4.78 is 5.21. The number of nitrogens with zero attached hydrogens (tertiary/aromatic N) is 1. The Morgan fingerprint density at radius 3 is 1.68 bits per heavy atom. The van der Waals surface area contributed by atoms with Gasteiger partial charge in [0.1, 0.15) is 8.07 Å². The number of thiophene rings is 1. The minimum absolute atomic E-state index is 0.484. The van der Waals surface area contributed by atoms with Crippen molar-refractivity contribution in [2.45, 2.75) is 32.9 Å². The van der Waals surface area contributed by atoms with Crippen molar-refractivity contribution in [1.29, 1.82) is 0 Å². The summed E-state index contributed by atoms with van der Waals surface area (Å²) in [7, 11) is -1.94. The van der Waals surface area contributed by atoms with Crippen molar-refractivity contribution in [2.75, 3.05) is 0 Å². The molecule has 14 rings (SSSR count). The average molecular weight is 876 g/mol. The minimum atomic E-state index is -1.94. The lowest BCUT2D eigenvalue weighted by molar-refractivity contribution is 0.869. The van der Waals surface area contributed by atoms with Gasteiger partial charge in [0.15, 0.2) is 0 Å². The van der Waals surface area contributed by atoms with Gasteiger partial charge >= 0.3 is 0 Å². The fourth-order valence-electron chi connectivity index (χ4n) is 11.8. The first-order valence-electron chi connectivity index (χ1n) is 23.3. The van der Waals surface area contributed by atoms with Crippen LogP contribution in [0.5, 0.6) is 0 Å². The third-order valence-corrected chi connectivity index (χ3v) is 19.8. The van der Waals surface area contributed by atoms with Crippen LogP contribution in [0.15, 0.2) is 194 Å². The van der Waals surface area contributed by atoms with E-state index in [1.807, 2.05) is 11.3 Å². The summed E-state index contributed by atoms with van der Waals surface area (Å²) >= 11 is 1.94. The molecule has 0 aliphatic carbocycles. The fourth-order valence-corrected chi connectivity index (χ4v) is 16.2. The van der Waals surface area contributed by atoms with E-state index in [0.717, 1.165) is 0 Å². The second-order valence-electron chi connectivity index (χ2n) is 19.4. The van der Waals surface area contributed by atoms with E-state index in [2.05, 4.69) is 226 Å².